The third-order valence-corrected chi connectivity index (χ3v) is 3.32. The number of carboxylic acids is 1. The van der Waals surface area contributed by atoms with E-state index in [1.807, 2.05) is 6.92 Å². The average Bonchev–Trinajstić information content (AvgIpc) is 2.54. The molecule has 0 aliphatic carbocycles. The summed E-state index contributed by atoms with van der Waals surface area (Å²) in [5, 5.41) is 8.64. The molecule has 1 aromatic rings. The molecule has 0 spiro atoms. The van der Waals surface area contributed by atoms with Gasteiger partial charge in [-0.2, -0.15) is 9.87 Å². The molecule has 10 heteroatoms. The number of halogens is 3. The largest absolute Gasteiger partial charge is 0.479 e. The number of hydrogen-bond donors (Lipinski definition) is 1. The van der Waals surface area contributed by atoms with Gasteiger partial charge in [0.15, 0.2) is 11.8 Å². The first-order valence-corrected chi connectivity index (χ1v) is 8.63. The van der Waals surface area contributed by atoms with E-state index >= 15 is 0 Å². The number of aliphatic carboxylic acids is 1. The predicted octanol–water partition coefficient (Wildman–Crippen LogP) is 4.57. The zero-order valence-corrected chi connectivity index (χ0v) is 16.2. The summed E-state index contributed by atoms with van der Waals surface area (Å²) < 4.78 is 4.75. The Balaban J connectivity index is 0.000000477. The molecule has 25 heavy (non-hydrogen) atoms. The number of unbranched alkanes of at least 4 members (excludes halogenated alkanes) is 1. The summed E-state index contributed by atoms with van der Waals surface area (Å²) in [6.45, 7) is 3.95. The highest BCUT2D eigenvalue weighted by atomic mass is 35.5. The summed E-state index contributed by atoms with van der Waals surface area (Å²) >= 11 is 16.8. The third-order valence-electron chi connectivity index (χ3n) is 2.37. The zero-order valence-electron chi connectivity index (χ0n) is 13.9. The molecule has 0 bridgehead atoms. The van der Waals surface area contributed by atoms with E-state index in [2.05, 4.69) is 21.7 Å². The lowest BCUT2D eigenvalue weighted by atomic mass is 10.3. The van der Waals surface area contributed by atoms with Gasteiger partial charge in [0.05, 0.1) is 11.6 Å². The maximum atomic E-state index is 10.7. The van der Waals surface area contributed by atoms with Gasteiger partial charge in [0.25, 0.3) is 0 Å². The number of hydrogen-bond acceptors (Lipinski definition) is 6. The van der Waals surface area contributed by atoms with Crippen LogP contribution in [0.4, 0.5) is 0 Å². The normalized spacial score (nSPS) is 9.80. The van der Waals surface area contributed by atoms with Crippen LogP contribution in [-0.4, -0.2) is 35.2 Å². The highest BCUT2D eigenvalue weighted by Gasteiger charge is 2.10. The fraction of sp³-hybridized carbons (Fsp3) is 0.533. The van der Waals surface area contributed by atoms with E-state index in [9.17, 15) is 9.59 Å². The first-order chi connectivity index (χ1) is 11.8. The number of ether oxygens (including phenoxy) is 1. The Morgan fingerprint density at radius 1 is 1.16 bits per heavy atom. The molecule has 142 valence electrons. The Morgan fingerprint density at radius 3 is 2.40 bits per heavy atom. The SMILES string of the molecule is CCCCOOC(=O)CCC.O=C(O)COc1nc(Cl)c(Cl)cc1Cl. The number of rotatable bonds is 9. The van der Waals surface area contributed by atoms with Crippen molar-refractivity contribution in [3.05, 3.63) is 21.3 Å². The molecule has 0 atom stereocenters. The van der Waals surface area contributed by atoms with Gasteiger partial charge in [-0.3, -0.25) is 4.89 Å². The number of aromatic nitrogens is 1. The van der Waals surface area contributed by atoms with Crippen LogP contribution >= 0.6 is 34.8 Å². The molecule has 0 unspecified atom stereocenters. The van der Waals surface area contributed by atoms with Gasteiger partial charge in [0.2, 0.25) is 5.88 Å². The van der Waals surface area contributed by atoms with Gasteiger partial charge in [-0.15, -0.1) is 0 Å². The van der Waals surface area contributed by atoms with Gasteiger partial charge in [-0.1, -0.05) is 55.1 Å². The third kappa shape index (κ3) is 11.8. The van der Waals surface area contributed by atoms with E-state index in [-0.39, 0.29) is 27.0 Å². The van der Waals surface area contributed by atoms with Gasteiger partial charge < -0.3 is 9.84 Å². The van der Waals surface area contributed by atoms with Crippen molar-refractivity contribution < 1.29 is 29.2 Å². The van der Waals surface area contributed by atoms with E-state index in [4.69, 9.17) is 44.6 Å². The van der Waals surface area contributed by atoms with Crippen molar-refractivity contribution >= 4 is 46.7 Å². The minimum Gasteiger partial charge on any atom is -0.479 e. The van der Waals surface area contributed by atoms with Crippen LogP contribution in [0.1, 0.15) is 39.5 Å². The standard InChI is InChI=1S/C8H16O3.C7H4Cl3NO3/c1-3-5-7-10-11-8(9)6-4-2;8-3-1-4(9)7(11-6(3)10)14-2-5(12)13/h3-7H2,1-2H3;1H,2H2,(H,12,13). The van der Waals surface area contributed by atoms with Crippen LogP contribution in [0.15, 0.2) is 6.07 Å². The summed E-state index contributed by atoms with van der Waals surface area (Å²) in [6, 6.07) is 1.33. The number of carbonyl (C=O) groups excluding carboxylic acids is 1. The minimum absolute atomic E-state index is 0.0106. The second-order valence-corrected chi connectivity index (χ2v) is 5.78. The van der Waals surface area contributed by atoms with Crippen molar-refractivity contribution in [3.8, 4) is 5.88 Å². The van der Waals surface area contributed by atoms with Crippen LogP contribution < -0.4 is 4.74 Å². The van der Waals surface area contributed by atoms with Crippen molar-refractivity contribution in [1.82, 2.24) is 4.98 Å². The molecule has 0 aliphatic rings. The molecule has 0 aliphatic heterocycles. The predicted molar refractivity (Wildman–Crippen MR) is 94.3 cm³/mol. The van der Waals surface area contributed by atoms with Gasteiger partial charge in [0.1, 0.15) is 5.02 Å². The van der Waals surface area contributed by atoms with E-state index in [1.54, 1.807) is 0 Å². The van der Waals surface area contributed by atoms with Gasteiger partial charge in [-0.05, 0) is 18.9 Å². The van der Waals surface area contributed by atoms with Crippen LogP contribution in [0.25, 0.3) is 0 Å². The molecule has 0 radical (unpaired) electrons. The molecule has 1 aromatic heterocycles. The summed E-state index contributed by atoms with van der Waals surface area (Å²) in [4.78, 5) is 33.6. The zero-order chi connectivity index (χ0) is 19.2. The topological polar surface area (TPSA) is 95.0 Å². The van der Waals surface area contributed by atoms with Crippen LogP contribution in [0.3, 0.4) is 0 Å². The molecule has 7 nitrogen and oxygen atoms in total. The van der Waals surface area contributed by atoms with Crippen molar-refractivity contribution in [1.29, 1.82) is 0 Å². The van der Waals surface area contributed by atoms with Crippen molar-refractivity contribution in [2.45, 2.75) is 39.5 Å². The first kappa shape index (κ1) is 23.7. The highest BCUT2D eigenvalue weighted by Crippen LogP contribution is 2.30. The molecule has 0 amide bonds. The average molecular weight is 417 g/mol. The Hall–Kier alpha value is -1.28. The number of pyridine rings is 1. The molecule has 0 fully saturated rings. The van der Waals surface area contributed by atoms with Crippen molar-refractivity contribution in [2.24, 2.45) is 0 Å². The maximum absolute atomic E-state index is 10.7. The van der Waals surface area contributed by atoms with Crippen LogP contribution in [0.2, 0.25) is 15.2 Å². The quantitative estimate of drug-likeness (QED) is 0.273. The first-order valence-electron chi connectivity index (χ1n) is 7.50. The number of nitrogens with zero attached hydrogens (tertiary/aromatic N) is 1. The van der Waals surface area contributed by atoms with Gasteiger partial charge in [0, 0.05) is 6.42 Å². The highest BCUT2D eigenvalue weighted by molar-refractivity contribution is 6.42. The monoisotopic (exact) mass is 415 g/mol. The van der Waals surface area contributed by atoms with Crippen LogP contribution in [0, 0.1) is 0 Å². The molecule has 1 N–H and O–H groups in total. The lowest BCUT2D eigenvalue weighted by Gasteiger charge is -2.05. The van der Waals surface area contributed by atoms with Gasteiger partial charge in [-0.25, -0.2) is 9.59 Å². The Kier molecular flexibility index (Phi) is 13.2. The van der Waals surface area contributed by atoms with E-state index < -0.39 is 12.6 Å². The maximum Gasteiger partial charge on any atom is 0.342 e. The molecular formula is C15H20Cl3NO6. The molecular weight excluding hydrogens is 397 g/mol. The second kappa shape index (κ2) is 13.9. The fourth-order valence-electron chi connectivity index (χ4n) is 1.22. The minimum atomic E-state index is -1.13. The molecule has 0 aromatic carbocycles. The summed E-state index contributed by atoms with van der Waals surface area (Å²) in [5.41, 5.74) is 0. The summed E-state index contributed by atoms with van der Waals surface area (Å²) in [5.74, 6) is -1.46. The molecule has 0 saturated heterocycles. The van der Waals surface area contributed by atoms with E-state index in [1.165, 1.54) is 6.07 Å². The van der Waals surface area contributed by atoms with Crippen LogP contribution in [-0.2, 0) is 19.4 Å². The Morgan fingerprint density at radius 2 is 1.84 bits per heavy atom. The molecule has 1 heterocycles. The fourth-order valence-corrected chi connectivity index (χ4v) is 1.76. The van der Waals surface area contributed by atoms with Gasteiger partial charge >= 0.3 is 11.9 Å². The number of carboxylic acid groups (broad SMARTS) is 1. The van der Waals surface area contributed by atoms with Crippen molar-refractivity contribution in [3.63, 3.8) is 0 Å². The second-order valence-electron chi connectivity index (χ2n) is 4.61. The Labute approximate surface area is 161 Å². The van der Waals surface area contributed by atoms with E-state index in [0.29, 0.717) is 13.0 Å². The Bertz CT molecular complexity index is 556. The summed E-state index contributed by atoms with van der Waals surface area (Å²) in [6.07, 6.45) is 3.22. The lowest BCUT2D eigenvalue weighted by Crippen LogP contribution is -2.10. The smallest absolute Gasteiger partial charge is 0.342 e. The number of carbonyl (C=O) groups is 2. The lowest BCUT2D eigenvalue weighted by molar-refractivity contribution is -0.272. The molecule has 0 saturated carbocycles. The summed E-state index contributed by atoms with van der Waals surface area (Å²) in [7, 11) is 0. The van der Waals surface area contributed by atoms with Crippen LogP contribution in [0.5, 0.6) is 5.88 Å². The van der Waals surface area contributed by atoms with E-state index in [0.717, 1.165) is 19.3 Å². The molecule has 1 rings (SSSR count). The van der Waals surface area contributed by atoms with Crippen molar-refractivity contribution in [2.75, 3.05) is 13.2 Å².